The van der Waals surface area contributed by atoms with Crippen molar-refractivity contribution in [3.05, 3.63) is 52.5 Å². The Morgan fingerprint density at radius 1 is 1.21 bits per heavy atom. The van der Waals surface area contributed by atoms with E-state index in [-0.39, 0.29) is 24.2 Å². The fourth-order valence-corrected chi connectivity index (χ4v) is 5.33. The van der Waals surface area contributed by atoms with Crippen LogP contribution in [0.25, 0.3) is 0 Å². The molecule has 1 aromatic heterocycles. The van der Waals surface area contributed by atoms with Crippen LogP contribution in [0.1, 0.15) is 81.2 Å². The number of fused-ring (bicyclic) bond motifs is 2. The van der Waals surface area contributed by atoms with Gasteiger partial charge in [0.25, 0.3) is 0 Å². The Bertz CT molecular complexity index is 1100. The largest absolute Gasteiger partial charge is 0.495 e. The smallest absolute Gasteiger partial charge is 0.481 e. The molecule has 8 heteroatoms. The maximum Gasteiger partial charge on any atom is 0.495 e. The van der Waals surface area contributed by atoms with Crippen LogP contribution in [0.15, 0.2) is 24.4 Å². The molecule has 2 aromatic rings. The lowest BCUT2D eigenvalue weighted by atomic mass is 9.75. The second kappa shape index (κ2) is 7.81. The summed E-state index contributed by atoms with van der Waals surface area (Å²) in [4.78, 5) is 15.7. The summed E-state index contributed by atoms with van der Waals surface area (Å²) in [6, 6.07) is 5.09. The summed E-state index contributed by atoms with van der Waals surface area (Å²) in [7, 11) is -0.521. The number of halogens is 1. The van der Waals surface area contributed by atoms with Crippen LogP contribution in [-0.2, 0) is 26.9 Å². The van der Waals surface area contributed by atoms with Crippen molar-refractivity contribution in [1.82, 2.24) is 4.98 Å². The van der Waals surface area contributed by atoms with Gasteiger partial charge in [0.1, 0.15) is 11.6 Å². The first kappa shape index (κ1) is 22.4. The number of carboxylic acids is 1. The number of nitrogens with zero attached hydrogens (tertiary/aromatic N) is 1. The van der Waals surface area contributed by atoms with Crippen molar-refractivity contribution in [2.24, 2.45) is 0 Å². The number of carboxylic acid groups (broad SMARTS) is 1. The van der Waals surface area contributed by atoms with E-state index in [1.807, 2.05) is 33.8 Å². The maximum absolute atomic E-state index is 15.0. The normalized spacial score (nSPS) is 24.6. The molecule has 1 saturated heterocycles. The summed E-state index contributed by atoms with van der Waals surface area (Å²) < 4.78 is 27.5. The van der Waals surface area contributed by atoms with Crippen LogP contribution in [-0.4, -0.2) is 34.4 Å². The highest BCUT2D eigenvalue weighted by atomic mass is 19.1. The molecular formula is C25H30BFN2O4. The van der Waals surface area contributed by atoms with Gasteiger partial charge in [-0.3, -0.25) is 4.79 Å². The molecule has 2 heterocycles. The third kappa shape index (κ3) is 3.83. The molecule has 2 N–H and O–H groups in total. The van der Waals surface area contributed by atoms with Gasteiger partial charge in [-0.05, 0) is 93.6 Å². The lowest BCUT2D eigenvalue weighted by Crippen LogP contribution is -2.41. The Morgan fingerprint density at radius 2 is 1.94 bits per heavy atom. The predicted molar refractivity (Wildman–Crippen MR) is 124 cm³/mol. The zero-order chi connectivity index (χ0) is 23.5. The van der Waals surface area contributed by atoms with Gasteiger partial charge < -0.3 is 19.7 Å². The average Bonchev–Trinajstić information content (AvgIpc) is 3.37. The van der Waals surface area contributed by atoms with Crippen molar-refractivity contribution in [3.63, 3.8) is 0 Å². The zero-order valence-electron chi connectivity index (χ0n) is 19.6. The summed E-state index contributed by atoms with van der Waals surface area (Å²) in [5.41, 5.74) is 3.74. The topological polar surface area (TPSA) is 80.7 Å². The molecule has 0 unspecified atom stereocenters. The number of aliphatic carboxylic acids is 1. The van der Waals surface area contributed by atoms with E-state index in [0.29, 0.717) is 11.4 Å². The first-order chi connectivity index (χ1) is 15.6. The van der Waals surface area contributed by atoms with Crippen molar-refractivity contribution in [2.75, 3.05) is 5.32 Å². The summed E-state index contributed by atoms with van der Waals surface area (Å²) in [6.07, 6.45) is 5.06. The predicted octanol–water partition coefficient (Wildman–Crippen LogP) is 4.12. The Hall–Kier alpha value is -2.45. The molecule has 174 valence electrons. The monoisotopic (exact) mass is 452 g/mol. The van der Waals surface area contributed by atoms with E-state index < -0.39 is 24.3 Å². The standard InChI is InChI=1S/C25H30BFN2O4/c1-24(2)25(3,4)33-26(32-24)18-8-9-19(27)23-16(18)7-10-20(23)29-21-11-14-5-6-15(12-22(30)31)17(14)13-28-21/h8-9,11,13,15,20H,5-7,10,12H2,1-4H3,(H,28,29)(H,30,31)/t15-,20+/m0/s1. The summed E-state index contributed by atoms with van der Waals surface area (Å²) in [5, 5.41) is 12.6. The van der Waals surface area contributed by atoms with E-state index in [0.717, 1.165) is 47.8 Å². The van der Waals surface area contributed by atoms with Crippen LogP contribution < -0.4 is 10.8 Å². The molecule has 33 heavy (non-hydrogen) atoms. The van der Waals surface area contributed by atoms with Crippen molar-refractivity contribution in [1.29, 1.82) is 0 Å². The molecule has 0 saturated carbocycles. The van der Waals surface area contributed by atoms with E-state index in [1.165, 1.54) is 6.07 Å². The van der Waals surface area contributed by atoms with Gasteiger partial charge in [0.15, 0.2) is 0 Å². The zero-order valence-corrected chi connectivity index (χ0v) is 19.6. The van der Waals surface area contributed by atoms with E-state index in [1.54, 1.807) is 12.3 Å². The van der Waals surface area contributed by atoms with Gasteiger partial charge >= 0.3 is 13.1 Å². The van der Waals surface area contributed by atoms with Gasteiger partial charge in [-0.2, -0.15) is 0 Å². The Labute approximate surface area is 194 Å². The van der Waals surface area contributed by atoms with E-state index in [9.17, 15) is 4.79 Å². The third-order valence-corrected chi connectivity index (χ3v) is 7.85. The molecule has 1 fully saturated rings. The maximum atomic E-state index is 15.0. The number of aryl methyl sites for hydroxylation is 1. The second-order valence-corrected chi connectivity index (χ2v) is 10.5. The number of pyridine rings is 1. The van der Waals surface area contributed by atoms with Gasteiger partial charge in [-0.15, -0.1) is 0 Å². The second-order valence-electron chi connectivity index (χ2n) is 10.5. The molecule has 0 spiro atoms. The molecule has 0 amide bonds. The van der Waals surface area contributed by atoms with Crippen LogP contribution in [0.3, 0.4) is 0 Å². The number of carbonyl (C=O) groups is 1. The van der Waals surface area contributed by atoms with Crippen LogP contribution in [0.2, 0.25) is 0 Å². The number of aromatic nitrogens is 1. The molecule has 0 bridgehead atoms. The van der Waals surface area contributed by atoms with Crippen molar-refractivity contribution in [3.8, 4) is 0 Å². The SMILES string of the molecule is CC1(C)OB(c2ccc(F)c3c2CC[C@H]3Nc2cc3c(cn2)[C@H](CC(=O)O)CC3)OC1(C)C. The first-order valence-electron chi connectivity index (χ1n) is 11.7. The number of benzene rings is 1. The highest BCUT2D eigenvalue weighted by Gasteiger charge is 2.52. The lowest BCUT2D eigenvalue weighted by Gasteiger charge is -2.32. The van der Waals surface area contributed by atoms with Crippen molar-refractivity contribution in [2.45, 2.75) is 83.0 Å². The summed E-state index contributed by atoms with van der Waals surface area (Å²) in [6.45, 7) is 8.06. The van der Waals surface area contributed by atoms with Gasteiger partial charge in [0.2, 0.25) is 0 Å². The highest BCUT2D eigenvalue weighted by molar-refractivity contribution is 6.62. The van der Waals surface area contributed by atoms with E-state index >= 15 is 4.39 Å². The Balaban J connectivity index is 1.39. The van der Waals surface area contributed by atoms with Crippen molar-refractivity contribution >= 4 is 24.4 Å². The van der Waals surface area contributed by atoms with E-state index in [4.69, 9.17) is 14.4 Å². The van der Waals surface area contributed by atoms with E-state index in [2.05, 4.69) is 10.3 Å². The fourth-order valence-electron chi connectivity index (χ4n) is 5.33. The van der Waals surface area contributed by atoms with Gasteiger partial charge in [0.05, 0.1) is 23.7 Å². The Kier molecular flexibility index (Phi) is 5.29. The molecule has 6 nitrogen and oxygen atoms in total. The molecule has 2 aliphatic carbocycles. The van der Waals surface area contributed by atoms with Gasteiger partial charge in [-0.25, -0.2) is 9.37 Å². The molecule has 0 radical (unpaired) electrons. The third-order valence-electron chi connectivity index (χ3n) is 7.85. The van der Waals surface area contributed by atoms with Crippen LogP contribution in [0.4, 0.5) is 10.2 Å². The minimum absolute atomic E-state index is 0.0196. The van der Waals surface area contributed by atoms with Crippen LogP contribution in [0, 0.1) is 5.82 Å². The summed E-state index contributed by atoms with van der Waals surface area (Å²) in [5.74, 6) is -0.303. The molecular weight excluding hydrogens is 422 g/mol. The molecule has 1 aromatic carbocycles. The minimum atomic E-state index is -0.786. The number of hydrogen-bond donors (Lipinski definition) is 2. The summed E-state index contributed by atoms with van der Waals surface area (Å²) >= 11 is 0. The average molecular weight is 452 g/mol. The van der Waals surface area contributed by atoms with Gasteiger partial charge in [0, 0.05) is 11.8 Å². The highest BCUT2D eigenvalue weighted by Crippen LogP contribution is 2.40. The number of hydrogen-bond acceptors (Lipinski definition) is 5. The number of rotatable bonds is 5. The first-order valence-corrected chi connectivity index (χ1v) is 11.7. The van der Waals surface area contributed by atoms with Crippen molar-refractivity contribution < 1.29 is 23.6 Å². The molecule has 3 aliphatic rings. The quantitative estimate of drug-likeness (QED) is 0.665. The van der Waals surface area contributed by atoms with Gasteiger partial charge in [-0.1, -0.05) is 6.07 Å². The molecule has 1 aliphatic heterocycles. The molecule has 2 atom stereocenters. The Morgan fingerprint density at radius 3 is 2.64 bits per heavy atom. The number of nitrogens with one attached hydrogen (secondary N) is 1. The van der Waals surface area contributed by atoms with Crippen LogP contribution >= 0.6 is 0 Å². The molecule has 5 rings (SSSR count). The fraction of sp³-hybridized carbons (Fsp3) is 0.520. The minimum Gasteiger partial charge on any atom is -0.481 e. The number of anilines is 1. The lowest BCUT2D eigenvalue weighted by molar-refractivity contribution is -0.137. The van der Waals surface area contributed by atoms with Crippen LogP contribution in [0.5, 0.6) is 0 Å².